The maximum absolute atomic E-state index is 9.06. The molecule has 1 saturated heterocycles. The first-order chi connectivity index (χ1) is 10.8. The van der Waals surface area contributed by atoms with Crippen molar-refractivity contribution in [2.24, 2.45) is 0 Å². The third kappa shape index (κ3) is 3.38. The van der Waals surface area contributed by atoms with Crippen molar-refractivity contribution in [2.75, 3.05) is 13.1 Å². The van der Waals surface area contributed by atoms with Crippen molar-refractivity contribution < 1.29 is 4.74 Å². The lowest BCUT2D eigenvalue weighted by Crippen LogP contribution is -2.18. The summed E-state index contributed by atoms with van der Waals surface area (Å²) in [6, 6.07) is 11.2. The minimum absolute atomic E-state index is 0.277. The van der Waals surface area contributed by atoms with Gasteiger partial charge in [-0.05, 0) is 55.8 Å². The zero-order valence-electron chi connectivity index (χ0n) is 12.1. The molecule has 0 amide bonds. The molecule has 5 heteroatoms. The highest BCUT2D eigenvalue weighted by Gasteiger charge is 2.13. The summed E-state index contributed by atoms with van der Waals surface area (Å²) >= 11 is 6.31. The molecule has 0 N–H and O–H groups in total. The fourth-order valence-electron chi connectivity index (χ4n) is 2.59. The van der Waals surface area contributed by atoms with E-state index in [4.69, 9.17) is 21.6 Å². The lowest BCUT2D eigenvalue weighted by Gasteiger charge is -2.15. The van der Waals surface area contributed by atoms with Crippen LogP contribution in [0, 0.1) is 11.3 Å². The maximum Gasteiger partial charge on any atom is 0.237 e. The fourth-order valence-corrected chi connectivity index (χ4v) is 2.83. The highest BCUT2D eigenvalue weighted by atomic mass is 35.5. The molecular formula is C17H16ClN3O. The highest BCUT2D eigenvalue weighted by Crippen LogP contribution is 2.31. The Labute approximate surface area is 134 Å². The Hall–Kier alpha value is -2.09. The third-order valence-electron chi connectivity index (χ3n) is 3.70. The predicted molar refractivity (Wildman–Crippen MR) is 85.0 cm³/mol. The summed E-state index contributed by atoms with van der Waals surface area (Å²) in [5.41, 5.74) is 1.56. The normalized spacial score (nSPS) is 14.7. The molecule has 4 nitrogen and oxygen atoms in total. The van der Waals surface area contributed by atoms with Crippen LogP contribution in [0.2, 0.25) is 5.02 Å². The Morgan fingerprint density at radius 1 is 1.27 bits per heavy atom. The van der Waals surface area contributed by atoms with Gasteiger partial charge < -0.3 is 4.74 Å². The molecule has 1 fully saturated rings. The number of aromatic nitrogens is 1. The van der Waals surface area contributed by atoms with Crippen LogP contribution in [0.3, 0.4) is 0 Å². The SMILES string of the molecule is N#Cc1cccnc1Oc1ccc(CN2CCCC2)cc1Cl. The first kappa shape index (κ1) is 14.8. The van der Waals surface area contributed by atoms with Crippen LogP contribution in [0.25, 0.3) is 0 Å². The van der Waals surface area contributed by atoms with E-state index in [1.54, 1.807) is 18.3 Å². The first-order valence-electron chi connectivity index (χ1n) is 7.30. The smallest absolute Gasteiger partial charge is 0.237 e. The zero-order chi connectivity index (χ0) is 15.4. The van der Waals surface area contributed by atoms with Crippen molar-refractivity contribution in [3.05, 3.63) is 52.7 Å². The third-order valence-corrected chi connectivity index (χ3v) is 3.99. The van der Waals surface area contributed by atoms with E-state index in [-0.39, 0.29) is 5.88 Å². The molecule has 2 heterocycles. The van der Waals surface area contributed by atoms with Gasteiger partial charge in [0.1, 0.15) is 17.4 Å². The van der Waals surface area contributed by atoms with Crippen molar-refractivity contribution in [1.29, 1.82) is 5.26 Å². The number of rotatable bonds is 4. The minimum Gasteiger partial charge on any atom is -0.436 e. The monoisotopic (exact) mass is 313 g/mol. The van der Waals surface area contributed by atoms with Gasteiger partial charge in [-0.2, -0.15) is 5.26 Å². The van der Waals surface area contributed by atoms with Gasteiger partial charge in [-0.1, -0.05) is 17.7 Å². The predicted octanol–water partition coefficient (Wildman–Crippen LogP) is 3.99. The lowest BCUT2D eigenvalue weighted by atomic mass is 10.2. The van der Waals surface area contributed by atoms with E-state index in [0.29, 0.717) is 16.3 Å². The van der Waals surface area contributed by atoms with Gasteiger partial charge in [0.05, 0.1) is 5.02 Å². The molecule has 22 heavy (non-hydrogen) atoms. The van der Waals surface area contributed by atoms with Crippen LogP contribution in [0.15, 0.2) is 36.5 Å². The number of hydrogen-bond acceptors (Lipinski definition) is 4. The summed E-state index contributed by atoms with van der Waals surface area (Å²) in [6.07, 6.45) is 4.13. The number of benzene rings is 1. The number of ether oxygens (including phenoxy) is 1. The molecule has 1 aromatic heterocycles. The van der Waals surface area contributed by atoms with Crippen molar-refractivity contribution in [1.82, 2.24) is 9.88 Å². The Balaban J connectivity index is 1.76. The second-order valence-corrected chi connectivity index (χ2v) is 5.73. The topological polar surface area (TPSA) is 49.1 Å². The average molecular weight is 314 g/mol. The molecule has 0 aliphatic carbocycles. The molecule has 1 aliphatic rings. The number of nitriles is 1. The number of pyridine rings is 1. The van der Waals surface area contributed by atoms with Gasteiger partial charge in [0.15, 0.2) is 0 Å². The van der Waals surface area contributed by atoms with E-state index < -0.39 is 0 Å². The number of halogens is 1. The highest BCUT2D eigenvalue weighted by molar-refractivity contribution is 6.32. The van der Waals surface area contributed by atoms with Crippen molar-refractivity contribution in [2.45, 2.75) is 19.4 Å². The molecule has 0 atom stereocenters. The first-order valence-corrected chi connectivity index (χ1v) is 7.68. The number of nitrogens with zero attached hydrogens (tertiary/aromatic N) is 3. The van der Waals surface area contributed by atoms with Gasteiger partial charge in [0, 0.05) is 12.7 Å². The molecular weight excluding hydrogens is 298 g/mol. The van der Waals surface area contributed by atoms with Crippen LogP contribution >= 0.6 is 11.6 Å². The summed E-state index contributed by atoms with van der Waals surface area (Å²) in [5.74, 6) is 0.793. The van der Waals surface area contributed by atoms with Crippen molar-refractivity contribution >= 4 is 11.6 Å². The molecule has 0 spiro atoms. The van der Waals surface area contributed by atoms with Gasteiger partial charge in [0.25, 0.3) is 0 Å². The van der Waals surface area contributed by atoms with Crippen molar-refractivity contribution in [3.63, 3.8) is 0 Å². The lowest BCUT2D eigenvalue weighted by molar-refractivity contribution is 0.331. The van der Waals surface area contributed by atoms with Crippen LogP contribution in [0.4, 0.5) is 0 Å². The molecule has 0 saturated carbocycles. The summed E-state index contributed by atoms with van der Waals surface area (Å²) in [7, 11) is 0. The molecule has 112 valence electrons. The maximum atomic E-state index is 9.06. The Kier molecular flexibility index (Phi) is 4.57. The molecule has 3 rings (SSSR count). The summed E-state index contributed by atoms with van der Waals surface area (Å²) < 4.78 is 5.68. The van der Waals surface area contributed by atoms with E-state index in [2.05, 4.69) is 16.0 Å². The summed E-state index contributed by atoms with van der Waals surface area (Å²) in [6.45, 7) is 3.21. The van der Waals surface area contributed by atoms with Crippen LogP contribution in [-0.4, -0.2) is 23.0 Å². The summed E-state index contributed by atoms with van der Waals surface area (Å²) in [5, 5.41) is 9.59. The van der Waals surface area contributed by atoms with E-state index in [9.17, 15) is 0 Å². The van der Waals surface area contributed by atoms with Crippen molar-refractivity contribution in [3.8, 4) is 17.7 Å². The Bertz CT molecular complexity index is 705. The molecule has 0 unspecified atom stereocenters. The Morgan fingerprint density at radius 2 is 2.09 bits per heavy atom. The average Bonchev–Trinajstić information content (AvgIpc) is 3.03. The second-order valence-electron chi connectivity index (χ2n) is 5.32. The van der Waals surface area contributed by atoms with Crippen LogP contribution in [0.1, 0.15) is 24.0 Å². The van der Waals surface area contributed by atoms with Crippen LogP contribution < -0.4 is 4.74 Å². The van der Waals surface area contributed by atoms with Crippen LogP contribution in [0.5, 0.6) is 11.6 Å². The summed E-state index contributed by atoms with van der Waals surface area (Å²) in [4.78, 5) is 6.50. The number of likely N-dealkylation sites (tertiary alicyclic amines) is 1. The molecule has 0 bridgehead atoms. The van der Waals surface area contributed by atoms with Gasteiger partial charge in [-0.3, -0.25) is 4.90 Å². The Morgan fingerprint density at radius 3 is 2.82 bits per heavy atom. The fraction of sp³-hybridized carbons (Fsp3) is 0.294. The van der Waals surface area contributed by atoms with Gasteiger partial charge in [-0.25, -0.2) is 4.98 Å². The van der Waals surface area contributed by atoms with E-state index in [0.717, 1.165) is 19.6 Å². The molecule has 0 radical (unpaired) electrons. The van der Waals surface area contributed by atoms with E-state index in [1.807, 2.05) is 18.2 Å². The zero-order valence-corrected chi connectivity index (χ0v) is 12.9. The van der Waals surface area contributed by atoms with Crippen LogP contribution in [-0.2, 0) is 6.54 Å². The number of hydrogen-bond donors (Lipinski definition) is 0. The molecule has 1 aliphatic heterocycles. The van der Waals surface area contributed by atoms with Gasteiger partial charge in [0.2, 0.25) is 5.88 Å². The largest absolute Gasteiger partial charge is 0.436 e. The second kappa shape index (κ2) is 6.78. The molecule has 1 aromatic carbocycles. The standard InChI is InChI=1S/C17H16ClN3O/c18-15-10-13(12-21-8-1-2-9-21)5-6-16(15)22-17-14(11-19)4-3-7-20-17/h3-7,10H,1-2,8-9,12H2. The van der Waals surface area contributed by atoms with E-state index >= 15 is 0 Å². The minimum atomic E-state index is 0.277. The quantitative estimate of drug-likeness (QED) is 0.856. The van der Waals surface area contributed by atoms with Gasteiger partial charge >= 0.3 is 0 Å². The molecule has 2 aromatic rings. The van der Waals surface area contributed by atoms with E-state index in [1.165, 1.54) is 18.4 Å². The van der Waals surface area contributed by atoms with Gasteiger partial charge in [-0.15, -0.1) is 0 Å².